The van der Waals surface area contributed by atoms with Crippen molar-refractivity contribution in [3.63, 3.8) is 0 Å². The van der Waals surface area contributed by atoms with E-state index in [4.69, 9.17) is 14.7 Å². The van der Waals surface area contributed by atoms with E-state index in [1.165, 1.54) is 18.7 Å². The van der Waals surface area contributed by atoms with Crippen molar-refractivity contribution in [1.29, 1.82) is 5.26 Å². The molecule has 0 aliphatic heterocycles. The summed E-state index contributed by atoms with van der Waals surface area (Å²) in [4.78, 5) is 24.8. The van der Waals surface area contributed by atoms with Crippen LogP contribution >= 0.6 is 0 Å². The number of anilines is 1. The molecule has 3 rings (SSSR count). The lowest BCUT2D eigenvalue weighted by molar-refractivity contribution is -0.123. The number of carbonyl (C=O) groups excluding carboxylic acids is 2. The van der Waals surface area contributed by atoms with E-state index in [1.54, 1.807) is 30.5 Å². The van der Waals surface area contributed by atoms with Crippen LogP contribution < -0.4 is 10.1 Å². The van der Waals surface area contributed by atoms with E-state index in [9.17, 15) is 9.59 Å². The van der Waals surface area contributed by atoms with Crippen LogP contribution in [0.3, 0.4) is 0 Å². The number of nitrogens with zero attached hydrogens (tertiary/aromatic N) is 3. The summed E-state index contributed by atoms with van der Waals surface area (Å²) in [6.45, 7) is 1.46. The van der Waals surface area contributed by atoms with Gasteiger partial charge in [-0.15, -0.1) is 0 Å². The molecule has 8 nitrogen and oxygen atoms in total. The molecule has 0 spiro atoms. The minimum Gasteiger partial charge on any atom is -0.493 e. The van der Waals surface area contributed by atoms with Crippen molar-refractivity contribution in [2.24, 2.45) is 0 Å². The van der Waals surface area contributed by atoms with Crippen molar-refractivity contribution in [1.82, 2.24) is 9.78 Å². The predicted octanol–water partition coefficient (Wildman–Crippen LogP) is 2.94. The molecule has 2 aromatic carbocycles. The highest BCUT2D eigenvalue weighted by Crippen LogP contribution is 2.21. The first kappa shape index (κ1) is 19.6. The van der Waals surface area contributed by atoms with Crippen LogP contribution in [0.2, 0.25) is 0 Å². The molecule has 1 heterocycles. The number of hydrogen-bond donors (Lipinski definition) is 1. The predicted molar refractivity (Wildman–Crippen MR) is 105 cm³/mol. The van der Waals surface area contributed by atoms with Gasteiger partial charge in [0.2, 0.25) is 5.69 Å². The second kappa shape index (κ2) is 8.71. The van der Waals surface area contributed by atoms with E-state index in [0.29, 0.717) is 11.3 Å². The zero-order valence-electron chi connectivity index (χ0n) is 15.8. The average molecular weight is 390 g/mol. The lowest BCUT2D eigenvalue weighted by Gasteiger charge is -2.13. The van der Waals surface area contributed by atoms with Gasteiger partial charge in [0.05, 0.1) is 30.6 Å². The fourth-order valence-corrected chi connectivity index (χ4v) is 2.50. The van der Waals surface area contributed by atoms with Gasteiger partial charge in [0.15, 0.2) is 11.9 Å². The maximum atomic E-state index is 12.5. The number of carbonyl (C=O) groups is 2. The molecule has 1 atom stereocenters. The van der Waals surface area contributed by atoms with Crippen LogP contribution in [-0.2, 0) is 9.53 Å². The Bertz CT molecular complexity index is 1050. The first-order valence-electron chi connectivity index (χ1n) is 8.73. The van der Waals surface area contributed by atoms with Crippen LogP contribution in [0.4, 0.5) is 5.69 Å². The molecule has 1 aromatic heterocycles. The van der Waals surface area contributed by atoms with Gasteiger partial charge in [-0.2, -0.15) is 10.4 Å². The summed E-state index contributed by atoms with van der Waals surface area (Å²) in [5, 5.41) is 15.7. The summed E-state index contributed by atoms with van der Waals surface area (Å²) in [6, 6.07) is 17.5. The molecule has 3 aromatic rings. The van der Waals surface area contributed by atoms with Crippen molar-refractivity contribution in [3.05, 3.63) is 72.1 Å². The molecular formula is C21H18N4O4. The highest BCUT2D eigenvalue weighted by atomic mass is 16.6. The third kappa shape index (κ3) is 4.59. The zero-order chi connectivity index (χ0) is 20.8. The molecule has 0 saturated carbocycles. The van der Waals surface area contributed by atoms with Crippen molar-refractivity contribution < 1.29 is 19.1 Å². The SMILES string of the molecule is COc1cn(-c2ccccc2)nc1C(=O)O[C@H](C)C(=O)Nc1ccc(C#N)cc1. The number of para-hydroxylation sites is 1. The second-order valence-electron chi connectivity index (χ2n) is 6.05. The molecule has 0 radical (unpaired) electrons. The Hall–Kier alpha value is -4.12. The number of nitriles is 1. The Morgan fingerprint density at radius 2 is 1.83 bits per heavy atom. The molecule has 0 bridgehead atoms. The molecule has 29 heavy (non-hydrogen) atoms. The summed E-state index contributed by atoms with van der Waals surface area (Å²) < 4.78 is 12.0. The van der Waals surface area contributed by atoms with E-state index in [0.717, 1.165) is 5.69 Å². The first-order valence-corrected chi connectivity index (χ1v) is 8.73. The first-order chi connectivity index (χ1) is 14.0. The minimum atomic E-state index is -1.07. The Morgan fingerprint density at radius 1 is 1.14 bits per heavy atom. The molecule has 1 amide bonds. The lowest BCUT2D eigenvalue weighted by atomic mass is 10.2. The number of benzene rings is 2. The second-order valence-corrected chi connectivity index (χ2v) is 6.05. The van der Waals surface area contributed by atoms with Gasteiger partial charge in [-0.3, -0.25) is 4.79 Å². The minimum absolute atomic E-state index is 0.0330. The molecule has 0 unspecified atom stereocenters. The van der Waals surface area contributed by atoms with Crippen molar-refractivity contribution >= 4 is 17.6 Å². The quantitative estimate of drug-likeness (QED) is 0.649. The van der Waals surface area contributed by atoms with Gasteiger partial charge < -0.3 is 14.8 Å². The molecule has 0 saturated heterocycles. The molecule has 0 aliphatic carbocycles. The number of nitrogens with one attached hydrogen (secondary N) is 1. The highest BCUT2D eigenvalue weighted by Gasteiger charge is 2.25. The van der Waals surface area contributed by atoms with Crippen LogP contribution in [0, 0.1) is 11.3 Å². The molecule has 0 fully saturated rings. The standard InChI is InChI=1S/C21H18N4O4/c1-14(20(26)23-16-10-8-15(12-22)9-11-16)29-21(27)19-18(28-2)13-25(24-19)17-6-4-3-5-7-17/h3-11,13-14H,1-2H3,(H,23,26)/t14-/m1/s1. The number of esters is 1. The largest absolute Gasteiger partial charge is 0.493 e. The van der Waals surface area contributed by atoms with Gasteiger partial charge in [0.25, 0.3) is 5.91 Å². The number of methoxy groups -OCH3 is 1. The summed E-state index contributed by atoms with van der Waals surface area (Å²) in [7, 11) is 1.42. The van der Waals surface area contributed by atoms with Crippen molar-refractivity contribution in [3.8, 4) is 17.5 Å². The zero-order valence-corrected chi connectivity index (χ0v) is 15.8. The number of rotatable bonds is 6. The van der Waals surface area contributed by atoms with Crippen molar-refractivity contribution in [2.45, 2.75) is 13.0 Å². The van der Waals surface area contributed by atoms with E-state index in [1.807, 2.05) is 36.4 Å². The van der Waals surface area contributed by atoms with E-state index in [2.05, 4.69) is 10.4 Å². The van der Waals surface area contributed by atoms with Gasteiger partial charge in [-0.1, -0.05) is 18.2 Å². The Morgan fingerprint density at radius 3 is 2.45 bits per heavy atom. The van der Waals surface area contributed by atoms with E-state index >= 15 is 0 Å². The summed E-state index contributed by atoms with van der Waals surface area (Å²) in [5.74, 6) is -1.05. The summed E-state index contributed by atoms with van der Waals surface area (Å²) >= 11 is 0. The van der Waals surface area contributed by atoms with Crippen LogP contribution in [0.15, 0.2) is 60.8 Å². The summed E-state index contributed by atoms with van der Waals surface area (Å²) in [5.41, 5.74) is 1.68. The molecule has 0 aliphatic rings. The Kier molecular flexibility index (Phi) is 5.90. The fourth-order valence-electron chi connectivity index (χ4n) is 2.50. The van der Waals surface area contributed by atoms with Crippen LogP contribution in [0.5, 0.6) is 5.75 Å². The molecule has 1 N–H and O–H groups in total. The molecule has 8 heteroatoms. The number of amides is 1. The maximum Gasteiger partial charge on any atom is 0.363 e. The fraction of sp³-hybridized carbons (Fsp3) is 0.143. The van der Waals surface area contributed by atoms with Crippen LogP contribution in [0.25, 0.3) is 5.69 Å². The number of ether oxygens (including phenoxy) is 2. The lowest BCUT2D eigenvalue weighted by Crippen LogP contribution is -2.30. The summed E-state index contributed by atoms with van der Waals surface area (Å²) in [6.07, 6.45) is 0.498. The van der Waals surface area contributed by atoms with Gasteiger partial charge >= 0.3 is 5.97 Å². The normalized spacial score (nSPS) is 11.2. The number of aromatic nitrogens is 2. The third-order valence-corrected chi connectivity index (χ3v) is 4.05. The average Bonchev–Trinajstić information content (AvgIpc) is 3.19. The smallest absolute Gasteiger partial charge is 0.363 e. The van der Waals surface area contributed by atoms with Gasteiger partial charge in [-0.05, 0) is 43.3 Å². The monoisotopic (exact) mass is 390 g/mol. The molecular weight excluding hydrogens is 372 g/mol. The van der Waals surface area contributed by atoms with Gasteiger partial charge in [-0.25, -0.2) is 9.48 Å². The molecule has 146 valence electrons. The topological polar surface area (TPSA) is 106 Å². The van der Waals surface area contributed by atoms with Gasteiger partial charge in [0.1, 0.15) is 0 Å². The maximum absolute atomic E-state index is 12.5. The van der Waals surface area contributed by atoms with Crippen LogP contribution in [0.1, 0.15) is 23.0 Å². The van der Waals surface area contributed by atoms with E-state index < -0.39 is 18.0 Å². The third-order valence-electron chi connectivity index (χ3n) is 4.05. The number of hydrogen-bond acceptors (Lipinski definition) is 6. The van der Waals surface area contributed by atoms with Crippen molar-refractivity contribution in [2.75, 3.05) is 12.4 Å². The Balaban J connectivity index is 1.69. The van der Waals surface area contributed by atoms with Crippen LogP contribution in [-0.4, -0.2) is 34.9 Å². The van der Waals surface area contributed by atoms with Gasteiger partial charge in [0, 0.05) is 5.69 Å². The van der Waals surface area contributed by atoms with E-state index in [-0.39, 0.29) is 11.4 Å². The Labute approximate surface area is 167 Å². The highest BCUT2D eigenvalue weighted by molar-refractivity contribution is 5.97.